The smallest absolute Gasteiger partial charge is 0.373 e. The van der Waals surface area contributed by atoms with E-state index in [2.05, 4.69) is 0 Å². The number of ether oxygens (including phenoxy) is 1. The van der Waals surface area contributed by atoms with E-state index in [4.69, 9.17) is 32.8 Å². The first-order chi connectivity index (χ1) is 11.9. The van der Waals surface area contributed by atoms with Crippen LogP contribution in [0.2, 0.25) is 10.0 Å². The Labute approximate surface area is 152 Å². The molecule has 0 radical (unpaired) electrons. The van der Waals surface area contributed by atoms with Gasteiger partial charge in [-0.25, -0.2) is 4.79 Å². The van der Waals surface area contributed by atoms with Gasteiger partial charge < -0.3 is 9.57 Å². The Morgan fingerprint density at radius 3 is 2.20 bits per heavy atom. The quantitative estimate of drug-likeness (QED) is 0.759. The number of amides is 2. The van der Waals surface area contributed by atoms with Crippen LogP contribution in [0.3, 0.4) is 0 Å². The summed E-state index contributed by atoms with van der Waals surface area (Å²) >= 11 is 11.8. The molecule has 0 N–H and O–H groups in total. The maximum atomic E-state index is 12.2. The molecule has 0 spiro atoms. The molecule has 25 heavy (non-hydrogen) atoms. The van der Waals surface area contributed by atoms with E-state index in [1.54, 1.807) is 18.2 Å². The van der Waals surface area contributed by atoms with Crippen molar-refractivity contribution in [3.8, 4) is 5.75 Å². The van der Waals surface area contributed by atoms with Crippen LogP contribution in [0, 0.1) is 0 Å². The van der Waals surface area contributed by atoms with Crippen LogP contribution in [0.15, 0.2) is 42.5 Å². The van der Waals surface area contributed by atoms with Crippen LogP contribution >= 0.6 is 23.2 Å². The molecule has 0 fully saturated rings. The van der Waals surface area contributed by atoms with Crippen molar-refractivity contribution in [2.75, 3.05) is 0 Å². The van der Waals surface area contributed by atoms with Crippen LogP contribution < -0.4 is 4.74 Å². The number of hydroxylamine groups is 2. The van der Waals surface area contributed by atoms with E-state index in [1.807, 2.05) is 0 Å². The van der Waals surface area contributed by atoms with E-state index in [9.17, 15) is 14.4 Å². The zero-order chi connectivity index (χ0) is 18.1. The topological polar surface area (TPSA) is 72.9 Å². The van der Waals surface area contributed by atoms with Gasteiger partial charge in [0, 0.05) is 5.02 Å². The highest BCUT2D eigenvalue weighted by Gasteiger charge is 2.39. The molecule has 2 aromatic carbocycles. The molecule has 0 bridgehead atoms. The first kappa shape index (κ1) is 17.3. The second-order valence-corrected chi connectivity index (χ2v) is 6.04. The summed E-state index contributed by atoms with van der Waals surface area (Å²) in [6, 6.07) is 10.7. The van der Waals surface area contributed by atoms with Gasteiger partial charge in [-0.1, -0.05) is 40.4 Å². The molecule has 1 heterocycles. The van der Waals surface area contributed by atoms with Crippen molar-refractivity contribution in [2.45, 2.75) is 13.0 Å². The first-order valence-corrected chi connectivity index (χ1v) is 7.95. The Balaban J connectivity index is 1.70. The number of carbonyl (C=O) groups is 3. The number of fused-ring (bicyclic) bond motifs is 1. The fraction of sp³-hybridized carbons (Fsp3) is 0.118. The van der Waals surface area contributed by atoms with E-state index < -0.39 is 23.9 Å². The summed E-state index contributed by atoms with van der Waals surface area (Å²) in [7, 11) is 0. The largest absolute Gasteiger partial charge is 0.477 e. The SMILES string of the molecule is C[C@H](Oc1ccc(Cl)cc1Cl)C(=O)ON1C(=O)c2ccccc2C1=O. The third-order valence-corrected chi connectivity index (χ3v) is 4.00. The highest BCUT2D eigenvalue weighted by Crippen LogP contribution is 2.29. The van der Waals surface area contributed by atoms with Gasteiger partial charge in [0.05, 0.1) is 16.1 Å². The molecular formula is C17H11Cl2NO5. The average molecular weight is 380 g/mol. The Hall–Kier alpha value is -2.57. The van der Waals surface area contributed by atoms with Gasteiger partial charge in [-0.3, -0.25) is 9.59 Å². The normalized spacial score (nSPS) is 14.3. The third kappa shape index (κ3) is 3.31. The number of benzene rings is 2. The third-order valence-electron chi connectivity index (χ3n) is 3.47. The Morgan fingerprint density at radius 1 is 1.04 bits per heavy atom. The van der Waals surface area contributed by atoms with Gasteiger partial charge >= 0.3 is 5.97 Å². The van der Waals surface area contributed by atoms with Gasteiger partial charge in [-0.15, -0.1) is 0 Å². The fourth-order valence-electron chi connectivity index (χ4n) is 2.22. The lowest BCUT2D eigenvalue weighted by Crippen LogP contribution is -2.37. The highest BCUT2D eigenvalue weighted by atomic mass is 35.5. The van der Waals surface area contributed by atoms with Gasteiger partial charge in [-0.2, -0.15) is 0 Å². The lowest BCUT2D eigenvalue weighted by atomic mass is 10.1. The summed E-state index contributed by atoms with van der Waals surface area (Å²) in [5.41, 5.74) is 0.351. The van der Waals surface area contributed by atoms with Crippen LogP contribution in [0.4, 0.5) is 0 Å². The van der Waals surface area contributed by atoms with Crippen molar-refractivity contribution < 1.29 is 24.0 Å². The standard InChI is InChI=1S/C17H11Cl2NO5/c1-9(24-14-7-6-10(18)8-13(14)19)17(23)25-20-15(21)11-4-2-3-5-12(11)16(20)22/h2-9H,1H3/t9-/m0/s1. The predicted molar refractivity (Wildman–Crippen MR) is 89.6 cm³/mol. The molecular weight excluding hydrogens is 369 g/mol. The minimum absolute atomic E-state index is 0.176. The molecule has 0 saturated carbocycles. The van der Waals surface area contributed by atoms with Crippen molar-refractivity contribution >= 4 is 41.0 Å². The molecule has 0 aromatic heterocycles. The zero-order valence-electron chi connectivity index (χ0n) is 12.9. The molecule has 1 aliphatic heterocycles. The van der Waals surface area contributed by atoms with E-state index in [0.717, 1.165) is 0 Å². The summed E-state index contributed by atoms with van der Waals surface area (Å²) in [4.78, 5) is 41.4. The van der Waals surface area contributed by atoms with Crippen molar-refractivity contribution in [1.29, 1.82) is 0 Å². The Bertz CT molecular complexity index is 848. The zero-order valence-corrected chi connectivity index (χ0v) is 14.4. The molecule has 1 atom stereocenters. The van der Waals surface area contributed by atoms with Crippen LogP contribution in [-0.4, -0.2) is 29.0 Å². The molecule has 1 aliphatic rings. The molecule has 128 valence electrons. The lowest BCUT2D eigenvalue weighted by molar-refractivity contribution is -0.176. The number of rotatable bonds is 4. The van der Waals surface area contributed by atoms with Crippen LogP contribution in [0.25, 0.3) is 0 Å². The van der Waals surface area contributed by atoms with Crippen LogP contribution in [0.1, 0.15) is 27.6 Å². The van der Waals surface area contributed by atoms with Crippen molar-refractivity contribution in [3.05, 3.63) is 63.6 Å². The molecule has 2 amide bonds. The average Bonchev–Trinajstić information content (AvgIpc) is 2.82. The molecule has 6 nitrogen and oxygen atoms in total. The summed E-state index contributed by atoms with van der Waals surface area (Å²) in [6.07, 6.45) is -1.11. The van der Waals surface area contributed by atoms with Crippen LogP contribution in [-0.2, 0) is 9.63 Å². The summed E-state index contributed by atoms with van der Waals surface area (Å²) in [5, 5.41) is 1.06. The molecule has 0 unspecified atom stereocenters. The van der Waals surface area contributed by atoms with Gasteiger partial charge in [0.25, 0.3) is 11.8 Å². The number of hydrogen-bond donors (Lipinski definition) is 0. The molecule has 8 heteroatoms. The second kappa shape index (κ2) is 6.74. The number of imide groups is 1. The van der Waals surface area contributed by atoms with E-state index in [-0.39, 0.29) is 21.9 Å². The second-order valence-electron chi connectivity index (χ2n) is 5.20. The number of nitrogens with zero attached hydrogens (tertiary/aromatic N) is 1. The maximum absolute atomic E-state index is 12.2. The highest BCUT2D eigenvalue weighted by molar-refractivity contribution is 6.35. The van der Waals surface area contributed by atoms with Gasteiger partial charge in [0.15, 0.2) is 6.10 Å². The van der Waals surface area contributed by atoms with E-state index in [0.29, 0.717) is 10.1 Å². The van der Waals surface area contributed by atoms with Crippen molar-refractivity contribution in [2.24, 2.45) is 0 Å². The first-order valence-electron chi connectivity index (χ1n) is 7.20. The van der Waals surface area contributed by atoms with Crippen LogP contribution in [0.5, 0.6) is 5.75 Å². The van der Waals surface area contributed by atoms with Gasteiger partial charge in [0.1, 0.15) is 5.75 Å². The molecule has 0 saturated heterocycles. The van der Waals surface area contributed by atoms with E-state index in [1.165, 1.54) is 31.2 Å². The Morgan fingerprint density at radius 2 is 1.64 bits per heavy atom. The number of halogens is 2. The summed E-state index contributed by atoms with van der Waals surface area (Å²) < 4.78 is 5.41. The van der Waals surface area contributed by atoms with E-state index >= 15 is 0 Å². The molecule has 0 aliphatic carbocycles. The monoisotopic (exact) mass is 379 g/mol. The lowest BCUT2D eigenvalue weighted by Gasteiger charge is -2.18. The minimum Gasteiger partial charge on any atom is -0.477 e. The predicted octanol–water partition coefficient (Wildman–Crippen LogP) is 3.52. The van der Waals surface area contributed by atoms with Crippen molar-refractivity contribution in [3.63, 3.8) is 0 Å². The Kier molecular flexibility index (Phi) is 4.65. The van der Waals surface area contributed by atoms with Gasteiger partial charge in [0.2, 0.25) is 0 Å². The maximum Gasteiger partial charge on any atom is 0.373 e. The van der Waals surface area contributed by atoms with Crippen molar-refractivity contribution in [1.82, 2.24) is 5.06 Å². The molecule has 3 rings (SSSR count). The molecule has 2 aromatic rings. The number of carbonyl (C=O) groups excluding carboxylic acids is 3. The number of hydrogen-bond acceptors (Lipinski definition) is 5. The summed E-state index contributed by atoms with van der Waals surface area (Å²) in [5.74, 6) is -2.10. The minimum atomic E-state index is -1.11. The van der Waals surface area contributed by atoms with Gasteiger partial charge in [-0.05, 0) is 37.3 Å². The fourth-order valence-corrected chi connectivity index (χ4v) is 2.68. The summed E-state index contributed by atoms with van der Waals surface area (Å²) in [6.45, 7) is 1.41.